The van der Waals surface area contributed by atoms with Crippen LogP contribution in [-0.2, 0) is 11.3 Å². The summed E-state index contributed by atoms with van der Waals surface area (Å²) in [7, 11) is 1.78. The number of rotatable bonds is 3. The first-order chi connectivity index (χ1) is 7.78. The Morgan fingerprint density at radius 1 is 1.38 bits per heavy atom. The second kappa shape index (κ2) is 5.57. The number of halogens is 1. The Balaban J connectivity index is 1.84. The van der Waals surface area contributed by atoms with Gasteiger partial charge in [0.1, 0.15) is 5.15 Å². The molecule has 5 heteroatoms. The van der Waals surface area contributed by atoms with Crippen LogP contribution in [-0.4, -0.2) is 41.2 Å². The fourth-order valence-corrected chi connectivity index (χ4v) is 2.05. The molecule has 0 aliphatic carbocycles. The molecule has 0 N–H and O–H groups in total. The zero-order valence-corrected chi connectivity index (χ0v) is 10.2. The van der Waals surface area contributed by atoms with Crippen molar-refractivity contribution in [2.24, 2.45) is 0 Å². The lowest BCUT2D eigenvalue weighted by atomic mass is 10.1. The summed E-state index contributed by atoms with van der Waals surface area (Å²) < 4.78 is 5.33. The molecule has 4 nitrogen and oxygen atoms in total. The van der Waals surface area contributed by atoms with E-state index in [1.165, 1.54) is 0 Å². The van der Waals surface area contributed by atoms with Gasteiger partial charge in [-0.3, -0.25) is 9.88 Å². The number of likely N-dealkylation sites (tertiary alicyclic amines) is 1. The molecular formula is C11H16ClN3O. The molecule has 0 radical (unpaired) electrons. The molecule has 0 spiro atoms. The lowest BCUT2D eigenvalue weighted by Crippen LogP contribution is -2.36. The summed E-state index contributed by atoms with van der Waals surface area (Å²) in [5.41, 5.74) is 0.972. The molecular weight excluding hydrogens is 226 g/mol. The minimum Gasteiger partial charge on any atom is -0.381 e. The van der Waals surface area contributed by atoms with Crippen molar-refractivity contribution in [1.29, 1.82) is 0 Å². The molecule has 2 heterocycles. The van der Waals surface area contributed by atoms with Crippen molar-refractivity contribution in [3.05, 3.63) is 23.2 Å². The first-order valence-corrected chi connectivity index (χ1v) is 5.87. The number of ether oxygens (including phenoxy) is 1. The van der Waals surface area contributed by atoms with Crippen LogP contribution in [0.25, 0.3) is 0 Å². The van der Waals surface area contributed by atoms with Gasteiger partial charge >= 0.3 is 0 Å². The number of nitrogens with zero attached hydrogens (tertiary/aromatic N) is 3. The summed E-state index contributed by atoms with van der Waals surface area (Å²) in [6, 6.07) is 0. The molecule has 1 fully saturated rings. The van der Waals surface area contributed by atoms with Gasteiger partial charge in [-0.25, -0.2) is 4.98 Å². The largest absolute Gasteiger partial charge is 0.381 e. The predicted molar refractivity (Wildman–Crippen MR) is 62.4 cm³/mol. The van der Waals surface area contributed by atoms with Crippen LogP contribution in [0.4, 0.5) is 0 Å². The standard InChI is InChI=1S/C11H16ClN3O/c1-16-10-2-4-15(5-3-10)8-9-6-14-11(12)7-13-9/h6-7,10H,2-5,8H2,1H3. The van der Waals surface area contributed by atoms with Crippen molar-refractivity contribution in [2.75, 3.05) is 20.2 Å². The van der Waals surface area contributed by atoms with Gasteiger partial charge in [-0.1, -0.05) is 11.6 Å². The van der Waals surface area contributed by atoms with E-state index in [-0.39, 0.29) is 0 Å². The highest BCUT2D eigenvalue weighted by Gasteiger charge is 2.18. The van der Waals surface area contributed by atoms with Crippen molar-refractivity contribution >= 4 is 11.6 Å². The van der Waals surface area contributed by atoms with Crippen molar-refractivity contribution in [2.45, 2.75) is 25.5 Å². The van der Waals surface area contributed by atoms with E-state index in [4.69, 9.17) is 16.3 Å². The molecule has 0 atom stereocenters. The quantitative estimate of drug-likeness (QED) is 0.808. The summed E-state index contributed by atoms with van der Waals surface area (Å²) in [5.74, 6) is 0. The van der Waals surface area contributed by atoms with Gasteiger partial charge in [0, 0.05) is 26.7 Å². The van der Waals surface area contributed by atoms with Gasteiger partial charge in [0.2, 0.25) is 0 Å². The van der Waals surface area contributed by atoms with Crippen LogP contribution in [0.5, 0.6) is 0 Å². The summed E-state index contributed by atoms with van der Waals surface area (Å²) in [5, 5.41) is 0.446. The maximum absolute atomic E-state index is 5.69. The lowest BCUT2D eigenvalue weighted by molar-refractivity contribution is 0.0385. The fourth-order valence-electron chi connectivity index (χ4n) is 1.95. The van der Waals surface area contributed by atoms with E-state index in [9.17, 15) is 0 Å². The van der Waals surface area contributed by atoms with Gasteiger partial charge in [0.25, 0.3) is 0 Å². The van der Waals surface area contributed by atoms with Crippen LogP contribution in [0.3, 0.4) is 0 Å². The summed E-state index contributed by atoms with van der Waals surface area (Å²) in [4.78, 5) is 10.6. The number of methoxy groups -OCH3 is 1. The molecule has 0 amide bonds. The molecule has 0 unspecified atom stereocenters. The van der Waals surface area contributed by atoms with E-state index in [0.29, 0.717) is 11.3 Å². The molecule has 0 saturated carbocycles. The van der Waals surface area contributed by atoms with Crippen LogP contribution in [0, 0.1) is 0 Å². The molecule has 88 valence electrons. The third-order valence-corrected chi connectivity index (χ3v) is 3.12. The zero-order chi connectivity index (χ0) is 11.4. The van der Waals surface area contributed by atoms with Crippen molar-refractivity contribution < 1.29 is 4.74 Å². The zero-order valence-electron chi connectivity index (χ0n) is 9.40. The lowest BCUT2D eigenvalue weighted by Gasteiger charge is -2.30. The Kier molecular flexibility index (Phi) is 4.09. The number of hydrogen-bond acceptors (Lipinski definition) is 4. The summed E-state index contributed by atoms with van der Waals surface area (Å²) in [6.07, 6.45) is 5.95. The van der Waals surface area contributed by atoms with Gasteiger partial charge in [-0.15, -0.1) is 0 Å². The van der Waals surface area contributed by atoms with Crippen LogP contribution >= 0.6 is 11.6 Å². The van der Waals surface area contributed by atoms with Crippen molar-refractivity contribution in [1.82, 2.24) is 14.9 Å². The average molecular weight is 242 g/mol. The molecule has 0 aromatic carbocycles. The average Bonchev–Trinajstić information content (AvgIpc) is 2.33. The topological polar surface area (TPSA) is 38.2 Å². The van der Waals surface area contributed by atoms with Gasteiger partial charge in [-0.05, 0) is 12.8 Å². The van der Waals surface area contributed by atoms with Crippen LogP contribution < -0.4 is 0 Å². The molecule has 0 bridgehead atoms. The first kappa shape index (κ1) is 11.8. The van der Waals surface area contributed by atoms with Crippen molar-refractivity contribution in [3.8, 4) is 0 Å². The number of hydrogen-bond donors (Lipinski definition) is 0. The van der Waals surface area contributed by atoms with E-state index in [0.717, 1.165) is 38.2 Å². The Hall–Kier alpha value is -0.710. The minimum absolute atomic E-state index is 0.424. The third kappa shape index (κ3) is 3.14. The highest BCUT2D eigenvalue weighted by Crippen LogP contribution is 2.14. The highest BCUT2D eigenvalue weighted by molar-refractivity contribution is 6.29. The Labute approximate surface area is 101 Å². The van der Waals surface area contributed by atoms with Gasteiger partial charge in [0.05, 0.1) is 24.2 Å². The Morgan fingerprint density at radius 2 is 2.12 bits per heavy atom. The van der Waals surface area contributed by atoms with E-state index < -0.39 is 0 Å². The van der Waals surface area contributed by atoms with Crippen molar-refractivity contribution in [3.63, 3.8) is 0 Å². The second-order valence-corrected chi connectivity index (χ2v) is 4.43. The van der Waals surface area contributed by atoms with E-state index in [2.05, 4.69) is 14.9 Å². The number of piperidine rings is 1. The minimum atomic E-state index is 0.424. The maximum Gasteiger partial charge on any atom is 0.147 e. The maximum atomic E-state index is 5.69. The van der Waals surface area contributed by atoms with Gasteiger partial charge < -0.3 is 4.74 Å². The smallest absolute Gasteiger partial charge is 0.147 e. The molecule has 1 aromatic heterocycles. The Morgan fingerprint density at radius 3 is 2.69 bits per heavy atom. The van der Waals surface area contributed by atoms with Gasteiger partial charge in [-0.2, -0.15) is 0 Å². The highest BCUT2D eigenvalue weighted by atomic mass is 35.5. The van der Waals surface area contributed by atoms with E-state index >= 15 is 0 Å². The van der Waals surface area contributed by atoms with Gasteiger partial charge in [0.15, 0.2) is 0 Å². The molecule has 1 aliphatic rings. The first-order valence-electron chi connectivity index (χ1n) is 5.49. The monoisotopic (exact) mass is 241 g/mol. The van der Waals surface area contributed by atoms with Crippen LogP contribution in [0.1, 0.15) is 18.5 Å². The van der Waals surface area contributed by atoms with Crippen LogP contribution in [0.15, 0.2) is 12.4 Å². The molecule has 2 rings (SSSR count). The second-order valence-electron chi connectivity index (χ2n) is 4.04. The van der Waals surface area contributed by atoms with E-state index in [1.807, 2.05) is 0 Å². The molecule has 1 saturated heterocycles. The normalized spacial score (nSPS) is 18.9. The third-order valence-electron chi connectivity index (χ3n) is 2.93. The SMILES string of the molecule is COC1CCN(Cc2cnc(Cl)cn2)CC1. The molecule has 1 aliphatic heterocycles. The fraction of sp³-hybridized carbons (Fsp3) is 0.636. The summed E-state index contributed by atoms with van der Waals surface area (Å²) >= 11 is 5.69. The van der Waals surface area contributed by atoms with Crippen LogP contribution in [0.2, 0.25) is 5.15 Å². The van der Waals surface area contributed by atoms with E-state index in [1.54, 1.807) is 19.5 Å². The number of aromatic nitrogens is 2. The molecule has 16 heavy (non-hydrogen) atoms. The predicted octanol–water partition coefficient (Wildman–Crippen LogP) is 1.74. The summed E-state index contributed by atoms with van der Waals surface area (Å²) in [6.45, 7) is 2.96. The molecule has 1 aromatic rings. The Bertz CT molecular complexity index is 323.